The molecule has 2 heteroatoms. The minimum absolute atomic E-state index is 0.286. The quantitative estimate of drug-likeness (QED) is 0.579. The highest BCUT2D eigenvalue weighted by atomic mass is 16.3. The Morgan fingerprint density at radius 1 is 1.60 bits per heavy atom. The topological polar surface area (TPSA) is 37.3 Å². The Morgan fingerprint density at radius 3 is 3.00 bits per heavy atom. The minimum Gasteiger partial charge on any atom is -0.396 e. The number of hydrogen-bond acceptors (Lipinski definition) is 2. The van der Waals surface area contributed by atoms with E-state index >= 15 is 0 Å². The molecule has 0 heterocycles. The smallest absolute Gasteiger partial charge is 0.136 e. The lowest BCUT2D eigenvalue weighted by molar-refractivity contribution is -0.125. The van der Waals surface area contributed by atoms with Crippen LogP contribution in [0.1, 0.15) is 19.3 Å². The Kier molecular flexibility index (Phi) is 1.31. The van der Waals surface area contributed by atoms with Crippen molar-refractivity contribution in [3.05, 3.63) is 0 Å². The first kappa shape index (κ1) is 6.35. The summed E-state index contributed by atoms with van der Waals surface area (Å²) < 4.78 is 0. The molecule has 0 aromatic rings. The summed E-state index contributed by atoms with van der Waals surface area (Å²) in [6, 6.07) is 0. The Balaban J connectivity index is 2.02. The summed E-state index contributed by atoms with van der Waals surface area (Å²) in [6.07, 6.45) is 2.76. The van der Waals surface area contributed by atoms with E-state index < -0.39 is 0 Å². The lowest BCUT2D eigenvalue weighted by Gasteiger charge is -2.37. The molecule has 2 fully saturated rings. The lowest BCUT2D eigenvalue weighted by Crippen LogP contribution is -2.37. The molecule has 0 spiro atoms. The van der Waals surface area contributed by atoms with Crippen molar-refractivity contribution in [2.75, 3.05) is 6.61 Å². The van der Waals surface area contributed by atoms with Gasteiger partial charge < -0.3 is 5.11 Å². The van der Waals surface area contributed by atoms with E-state index in [2.05, 4.69) is 0 Å². The first-order chi connectivity index (χ1) is 4.83. The first-order valence-electron chi connectivity index (χ1n) is 3.96. The van der Waals surface area contributed by atoms with Crippen LogP contribution in [0.2, 0.25) is 0 Å². The third-order valence-electron chi connectivity index (χ3n) is 3.05. The standard InChI is InChI=1S/C8H12O2/c9-4-5-3-7-6(5)1-2-8(7)10/h5-7,9H,1-4H2/t5-,6-,7+/m0/s1. The third-order valence-corrected chi connectivity index (χ3v) is 3.05. The fourth-order valence-corrected chi connectivity index (χ4v) is 2.32. The van der Waals surface area contributed by atoms with E-state index in [1.807, 2.05) is 0 Å². The Bertz CT molecular complexity index is 165. The largest absolute Gasteiger partial charge is 0.396 e. The van der Waals surface area contributed by atoms with Gasteiger partial charge in [0.05, 0.1) is 0 Å². The minimum atomic E-state index is 0.286. The van der Waals surface area contributed by atoms with Crippen LogP contribution in [-0.2, 0) is 4.79 Å². The molecule has 2 nitrogen and oxygen atoms in total. The zero-order chi connectivity index (χ0) is 7.14. The molecular formula is C8H12O2. The number of carbonyl (C=O) groups excluding carboxylic acids is 1. The summed E-state index contributed by atoms with van der Waals surface area (Å²) in [5.74, 6) is 1.79. The number of aliphatic hydroxyl groups excluding tert-OH is 1. The normalized spacial score (nSPS) is 44.9. The van der Waals surface area contributed by atoms with Gasteiger partial charge >= 0.3 is 0 Å². The Morgan fingerprint density at radius 2 is 2.40 bits per heavy atom. The van der Waals surface area contributed by atoms with Gasteiger partial charge in [0.15, 0.2) is 0 Å². The summed E-state index contributed by atoms with van der Waals surface area (Å²) in [5.41, 5.74) is 0. The van der Waals surface area contributed by atoms with Crippen LogP contribution in [0.3, 0.4) is 0 Å². The van der Waals surface area contributed by atoms with Crippen LogP contribution in [0.5, 0.6) is 0 Å². The SMILES string of the molecule is O=C1CC[C@H]2[C@H](CO)C[C@@H]12. The maximum Gasteiger partial charge on any atom is 0.136 e. The molecule has 0 amide bonds. The van der Waals surface area contributed by atoms with Gasteiger partial charge in [-0.2, -0.15) is 0 Å². The summed E-state index contributed by atoms with van der Waals surface area (Å²) >= 11 is 0. The zero-order valence-corrected chi connectivity index (χ0v) is 5.92. The summed E-state index contributed by atoms with van der Waals surface area (Å²) in [4.78, 5) is 11.0. The van der Waals surface area contributed by atoms with Gasteiger partial charge in [0, 0.05) is 18.9 Å². The van der Waals surface area contributed by atoms with Crippen molar-refractivity contribution in [2.24, 2.45) is 17.8 Å². The fourth-order valence-electron chi connectivity index (χ4n) is 2.32. The first-order valence-corrected chi connectivity index (χ1v) is 3.96. The average molecular weight is 140 g/mol. The highest BCUT2D eigenvalue weighted by Crippen LogP contribution is 2.48. The number of rotatable bonds is 1. The van der Waals surface area contributed by atoms with Crippen molar-refractivity contribution in [1.82, 2.24) is 0 Å². The van der Waals surface area contributed by atoms with Crippen molar-refractivity contribution >= 4 is 5.78 Å². The van der Waals surface area contributed by atoms with Gasteiger partial charge in [-0.1, -0.05) is 0 Å². The number of fused-ring (bicyclic) bond motifs is 1. The zero-order valence-electron chi connectivity index (χ0n) is 5.92. The number of carbonyl (C=O) groups is 1. The van der Waals surface area contributed by atoms with Crippen molar-refractivity contribution in [3.8, 4) is 0 Å². The van der Waals surface area contributed by atoms with Gasteiger partial charge in [0.25, 0.3) is 0 Å². The van der Waals surface area contributed by atoms with E-state index in [1.165, 1.54) is 0 Å². The molecular weight excluding hydrogens is 128 g/mol. The molecule has 0 radical (unpaired) electrons. The van der Waals surface area contributed by atoms with E-state index in [9.17, 15) is 4.79 Å². The second-order valence-corrected chi connectivity index (χ2v) is 3.45. The summed E-state index contributed by atoms with van der Waals surface area (Å²) in [7, 11) is 0. The molecule has 0 bridgehead atoms. The van der Waals surface area contributed by atoms with Crippen LogP contribution >= 0.6 is 0 Å². The van der Waals surface area contributed by atoms with Crippen LogP contribution in [0.15, 0.2) is 0 Å². The molecule has 2 rings (SSSR count). The van der Waals surface area contributed by atoms with E-state index in [0.717, 1.165) is 19.3 Å². The van der Waals surface area contributed by atoms with E-state index in [4.69, 9.17) is 5.11 Å². The summed E-state index contributed by atoms with van der Waals surface area (Å²) in [6.45, 7) is 0.286. The molecule has 10 heavy (non-hydrogen) atoms. The van der Waals surface area contributed by atoms with Crippen LogP contribution in [0.4, 0.5) is 0 Å². The fraction of sp³-hybridized carbons (Fsp3) is 0.875. The van der Waals surface area contributed by atoms with Gasteiger partial charge in [-0.05, 0) is 24.7 Å². The van der Waals surface area contributed by atoms with E-state index in [1.54, 1.807) is 0 Å². The van der Waals surface area contributed by atoms with Crippen molar-refractivity contribution in [1.29, 1.82) is 0 Å². The van der Waals surface area contributed by atoms with Gasteiger partial charge in [-0.25, -0.2) is 0 Å². The molecule has 0 aromatic heterocycles. The maximum absolute atomic E-state index is 11.0. The molecule has 2 aliphatic carbocycles. The highest BCUT2D eigenvalue weighted by Gasteiger charge is 2.47. The highest BCUT2D eigenvalue weighted by molar-refractivity contribution is 5.84. The van der Waals surface area contributed by atoms with Gasteiger partial charge in [0.1, 0.15) is 5.78 Å². The molecule has 1 N–H and O–H groups in total. The summed E-state index contributed by atoms with van der Waals surface area (Å²) in [5, 5.41) is 8.81. The predicted octanol–water partition coefficient (Wildman–Crippen LogP) is 0.594. The van der Waals surface area contributed by atoms with E-state index in [0.29, 0.717) is 23.5 Å². The number of Topliss-reactive ketones (excluding diaryl/α,β-unsaturated/α-hetero) is 1. The number of ketones is 1. The second kappa shape index (κ2) is 2.06. The molecule has 0 aliphatic heterocycles. The number of hydrogen-bond donors (Lipinski definition) is 1. The van der Waals surface area contributed by atoms with Crippen molar-refractivity contribution < 1.29 is 9.90 Å². The Labute approximate surface area is 60.2 Å². The molecule has 2 saturated carbocycles. The second-order valence-electron chi connectivity index (χ2n) is 3.45. The predicted molar refractivity (Wildman–Crippen MR) is 36.4 cm³/mol. The average Bonchev–Trinajstić information content (AvgIpc) is 2.10. The maximum atomic E-state index is 11.0. The Hall–Kier alpha value is -0.370. The molecule has 0 unspecified atom stereocenters. The van der Waals surface area contributed by atoms with Crippen LogP contribution in [0.25, 0.3) is 0 Å². The van der Waals surface area contributed by atoms with Gasteiger partial charge in [0.2, 0.25) is 0 Å². The van der Waals surface area contributed by atoms with Crippen molar-refractivity contribution in [3.63, 3.8) is 0 Å². The lowest BCUT2D eigenvalue weighted by atomic mass is 9.67. The monoisotopic (exact) mass is 140 g/mol. The molecule has 0 saturated heterocycles. The number of aliphatic hydroxyl groups is 1. The molecule has 2 aliphatic rings. The third kappa shape index (κ3) is 0.655. The van der Waals surface area contributed by atoms with Gasteiger partial charge in [-0.3, -0.25) is 4.79 Å². The molecule has 3 atom stereocenters. The van der Waals surface area contributed by atoms with Crippen LogP contribution < -0.4 is 0 Å². The van der Waals surface area contributed by atoms with Crippen LogP contribution in [0, 0.1) is 17.8 Å². The molecule has 56 valence electrons. The van der Waals surface area contributed by atoms with Gasteiger partial charge in [-0.15, -0.1) is 0 Å². The van der Waals surface area contributed by atoms with Crippen LogP contribution in [-0.4, -0.2) is 17.5 Å². The molecule has 0 aromatic carbocycles. The van der Waals surface area contributed by atoms with Crippen molar-refractivity contribution in [2.45, 2.75) is 19.3 Å². The van der Waals surface area contributed by atoms with E-state index in [-0.39, 0.29) is 6.61 Å².